The number of hydrogen-bond acceptors (Lipinski definition) is 5. The van der Waals surface area contributed by atoms with Gasteiger partial charge in [-0.15, -0.1) is 11.8 Å². The topological polar surface area (TPSA) is 32.3 Å². The zero-order valence-electron chi connectivity index (χ0n) is 15.8. The molecule has 0 radical (unpaired) electrons. The fourth-order valence-electron chi connectivity index (χ4n) is 3.02. The largest absolute Gasteiger partial charge is 0.354 e. The maximum Gasteiger partial charge on any atom is 0.133 e. The van der Waals surface area contributed by atoms with Crippen molar-refractivity contribution in [1.29, 1.82) is 0 Å². The molecule has 0 amide bonds. The van der Waals surface area contributed by atoms with E-state index in [9.17, 15) is 4.39 Å². The molecule has 1 aliphatic heterocycles. The van der Waals surface area contributed by atoms with E-state index in [1.807, 2.05) is 19.1 Å². The summed E-state index contributed by atoms with van der Waals surface area (Å²) in [4.78, 5) is 15.3. The Morgan fingerprint density at radius 1 is 1.08 bits per heavy atom. The van der Waals surface area contributed by atoms with Crippen LogP contribution in [0.2, 0.25) is 0 Å². The molecule has 6 heteroatoms. The first-order valence-corrected chi connectivity index (χ1v) is 10.2. The molecule has 26 heavy (non-hydrogen) atoms. The summed E-state index contributed by atoms with van der Waals surface area (Å²) in [5.74, 6) is 3.18. The quantitative estimate of drug-likeness (QED) is 0.715. The molecule has 2 heterocycles. The number of anilines is 1. The Balaban J connectivity index is 1.47. The second-order valence-electron chi connectivity index (χ2n) is 7.01. The van der Waals surface area contributed by atoms with E-state index in [4.69, 9.17) is 4.98 Å². The zero-order chi connectivity index (χ0) is 18.5. The number of halogens is 1. The number of rotatable bonds is 6. The standard InChI is InChI=1S/C20H27FN4S/c1-15(2)20-22-16(3)14-19(23-20)25-10-8-24(9-11-25)12-13-26-18-6-4-17(21)5-7-18/h4-7,14-15H,8-13H2,1-3H3. The monoisotopic (exact) mass is 374 g/mol. The Labute approximate surface area is 159 Å². The first-order valence-electron chi connectivity index (χ1n) is 9.22. The lowest BCUT2D eigenvalue weighted by atomic mass is 10.2. The minimum absolute atomic E-state index is 0.175. The summed E-state index contributed by atoms with van der Waals surface area (Å²) >= 11 is 1.78. The van der Waals surface area contributed by atoms with Crippen LogP contribution in [0.25, 0.3) is 0 Å². The Kier molecular flexibility index (Phi) is 6.48. The summed E-state index contributed by atoms with van der Waals surface area (Å²) in [6.07, 6.45) is 0. The third kappa shape index (κ3) is 5.17. The van der Waals surface area contributed by atoms with E-state index in [0.717, 1.165) is 60.7 Å². The van der Waals surface area contributed by atoms with Crippen LogP contribution in [-0.4, -0.2) is 53.3 Å². The molecular formula is C20H27FN4S. The van der Waals surface area contributed by atoms with Gasteiger partial charge in [-0.05, 0) is 31.2 Å². The van der Waals surface area contributed by atoms with Crippen LogP contribution in [-0.2, 0) is 0 Å². The lowest BCUT2D eigenvalue weighted by Crippen LogP contribution is -2.47. The van der Waals surface area contributed by atoms with Gasteiger partial charge in [-0.25, -0.2) is 14.4 Å². The number of aryl methyl sites for hydroxylation is 1. The number of aromatic nitrogens is 2. The first-order chi connectivity index (χ1) is 12.5. The predicted octanol–water partition coefficient (Wildman–Crippen LogP) is 3.96. The van der Waals surface area contributed by atoms with Crippen molar-refractivity contribution in [2.75, 3.05) is 43.4 Å². The number of hydrogen-bond donors (Lipinski definition) is 0. The Morgan fingerprint density at radius 2 is 1.77 bits per heavy atom. The predicted molar refractivity (Wildman–Crippen MR) is 107 cm³/mol. The van der Waals surface area contributed by atoms with Gasteiger partial charge in [0.05, 0.1) is 0 Å². The van der Waals surface area contributed by atoms with Gasteiger partial charge in [0.25, 0.3) is 0 Å². The van der Waals surface area contributed by atoms with Crippen molar-refractivity contribution in [3.63, 3.8) is 0 Å². The molecule has 0 atom stereocenters. The van der Waals surface area contributed by atoms with E-state index in [1.165, 1.54) is 12.1 Å². The first kappa shape index (κ1) is 19.1. The molecule has 2 aromatic rings. The van der Waals surface area contributed by atoms with E-state index in [0.29, 0.717) is 5.92 Å². The number of thioether (sulfide) groups is 1. The van der Waals surface area contributed by atoms with Crippen LogP contribution in [0.5, 0.6) is 0 Å². The van der Waals surface area contributed by atoms with E-state index in [1.54, 1.807) is 11.8 Å². The van der Waals surface area contributed by atoms with Crippen molar-refractivity contribution in [3.05, 3.63) is 47.7 Å². The highest BCUT2D eigenvalue weighted by Crippen LogP contribution is 2.20. The Morgan fingerprint density at radius 3 is 2.42 bits per heavy atom. The third-order valence-corrected chi connectivity index (χ3v) is 5.55. The highest BCUT2D eigenvalue weighted by atomic mass is 32.2. The third-order valence-electron chi connectivity index (χ3n) is 4.56. The lowest BCUT2D eigenvalue weighted by molar-refractivity contribution is 0.272. The van der Waals surface area contributed by atoms with Crippen LogP contribution < -0.4 is 4.90 Å². The van der Waals surface area contributed by atoms with Gasteiger partial charge in [0, 0.05) is 61.1 Å². The van der Waals surface area contributed by atoms with Gasteiger partial charge in [-0.2, -0.15) is 0 Å². The summed E-state index contributed by atoms with van der Waals surface area (Å²) in [5.41, 5.74) is 1.04. The van der Waals surface area contributed by atoms with Gasteiger partial charge in [0.2, 0.25) is 0 Å². The van der Waals surface area contributed by atoms with E-state index in [2.05, 4.69) is 34.7 Å². The summed E-state index contributed by atoms with van der Waals surface area (Å²) in [5, 5.41) is 0. The van der Waals surface area contributed by atoms with Gasteiger partial charge in [0.15, 0.2) is 0 Å². The fraction of sp³-hybridized carbons (Fsp3) is 0.500. The zero-order valence-corrected chi connectivity index (χ0v) is 16.6. The average molecular weight is 375 g/mol. The van der Waals surface area contributed by atoms with Crippen molar-refractivity contribution in [3.8, 4) is 0 Å². The van der Waals surface area contributed by atoms with Crippen molar-refractivity contribution in [2.24, 2.45) is 0 Å². The molecule has 0 unspecified atom stereocenters. The smallest absolute Gasteiger partial charge is 0.133 e. The maximum atomic E-state index is 12.9. The van der Waals surface area contributed by atoms with Gasteiger partial charge >= 0.3 is 0 Å². The number of piperazine rings is 1. The molecule has 140 valence electrons. The van der Waals surface area contributed by atoms with Crippen LogP contribution in [0.1, 0.15) is 31.3 Å². The van der Waals surface area contributed by atoms with Crippen molar-refractivity contribution < 1.29 is 4.39 Å². The van der Waals surface area contributed by atoms with E-state index >= 15 is 0 Å². The van der Waals surface area contributed by atoms with Crippen LogP contribution in [0, 0.1) is 12.7 Å². The van der Waals surface area contributed by atoms with Crippen LogP contribution in [0.15, 0.2) is 35.2 Å². The normalized spacial score (nSPS) is 15.7. The molecule has 3 rings (SSSR count). The minimum Gasteiger partial charge on any atom is -0.354 e. The highest BCUT2D eigenvalue weighted by molar-refractivity contribution is 7.99. The van der Waals surface area contributed by atoms with Crippen molar-refractivity contribution >= 4 is 17.6 Å². The molecule has 0 bridgehead atoms. The second-order valence-corrected chi connectivity index (χ2v) is 8.18. The molecule has 4 nitrogen and oxygen atoms in total. The average Bonchev–Trinajstić information content (AvgIpc) is 2.63. The fourth-order valence-corrected chi connectivity index (χ4v) is 3.93. The molecule has 0 aliphatic carbocycles. The van der Waals surface area contributed by atoms with Gasteiger partial charge in [-0.1, -0.05) is 13.8 Å². The Hall–Kier alpha value is -1.66. The highest BCUT2D eigenvalue weighted by Gasteiger charge is 2.19. The SMILES string of the molecule is Cc1cc(N2CCN(CCSc3ccc(F)cc3)CC2)nc(C(C)C)n1. The molecule has 0 saturated carbocycles. The summed E-state index contributed by atoms with van der Waals surface area (Å²) < 4.78 is 12.9. The molecule has 1 saturated heterocycles. The van der Waals surface area contributed by atoms with Gasteiger partial charge < -0.3 is 4.90 Å². The molecule has 0 spiro atoms. The lowest BCUT2D eigenvalue weighted by Gasteiger charge is -2.35. The van der Waals surface area contributed by atoms with Gasteiger partial charge in [-0.3, -0.25) is 4.90 Å². The molecule has 0 N–H and O–H groups in total. The van der Waals surface area contributed by atoms with E-state index < -0.39 is 0 Å². The van der Waals surface area contributed by atoms with E-state index in [-0.39, 0.29) is 5.82 Å². The summed E-state index contributed by atoms with van der Waals surface area (Å²) in [7, 11) is 0. The number of nitrogens with zero attached hydrogens (tertiary/aromatic N) is 4. The Bertz CT molecular complexity index is 712. The summed E-state index contributed by atoms with van der Waals surface area (Å²) in [6.45, 7) is 11.4. The van der Waals surface area contributed by atoms with Crippen LogP contribution >= 0.6 is 11.8 Å². The van der Waals surface area contributed by atoms with Crippen molar-refractivity contribution in [2.45, 2.75) is 31.6 Å². The molecule has 1 aromatic heterocycles. The molecule has 1 fully saturated rings. The van der Waals surface area contributed by atoms with Crippen LogP contribution in [0.4, 0.5) is 10.2 Å². The van der Waals surface area contributed by atoms with Gasteiger partial charge in [0.1, 0.15) is 17.5 Å². The van der Waals surface area contributed by atoms with Crippen molar-refractivity contribution in [1.82, 2.24) is 14.9 Å². The minimum atomic E-state index is -0.175. The van der Waals surface area contributed by atoms with Crippen LogP contribution in [0.3, 0.4) is 0 Å². The maximum absolute atomic E-state index is 12.9. The molecule has 1 aromatic carbocycles. The molecule has 1 aliphatic rings. The number of benzene rings is 1. The molecular weight excluding hydrogens is 347 g/mol. The summed E-state index contributed by atoms with van der Waals surface area (Å²) in [6, 6.07) is 8.84. The second kappa shape index (κ2) is 8.82.